The maximum absolute atomic E-state index is 11.8. The summed E-state index contributed by atoms with van der Waals surface area (Å²) in [4.78, 5) is 14.1. The maximum atomic E-state index is 11.8. The zero-order chi connectivity index (χ0) is 11.5. The SMILES string of the molecule is CNC(=O)C1CCCN1C1CCCCC1N. The number of likely N-dealkylation sites (tertiary alicyclic amines) is 1. The van der Waals surface area contributed by atoms with Gasteiger partial charge in [0.1, 0.15) is 0 Å². The fourth-order valence-electron chi connectivity index (χ4n) is 3.19. The number of nitrogens with one attached hydrogen (secondary N) is 1. The molecule has 1 aliphatic carbocycles. The van der Waals surface area contributed by atoms with E-state index in [1.165, 1.54) is 12.8 Å². The molecule has 1 heterocycles. The van der Waals surface area contributed by atoms with Crippen molar-refractivity contribution < 1.29 is 4.79 Å². The van der Waals surface area contributed by atoms with E-state index in [4.69, 9.17) is 5.73 Å². The molecular formula is C12H23N3O. The Morgan fingerprint density at radius 1 is 1.25 bits per heavy atom. The first-order chi connectivity index (χ1) is 7.74. The van der Waals surface area contributed by atoms with Crippen LogP contribution in [0, 0.1) is 0 Å². The van der Waals surface area contributed by atoms with Crippen LogP contribution in [0.2, 0.25) is 0 Å². The van der Waals surface area contributed by atoms with Crippen molar-refractivity contribution in [2.45, 2.75) is 56.7 Å². The van der Waals surface area contributed by atoms with Gasteiger partial charge in [-0.2, -0.15) is 0 Å². The van der Waals surface area contributed by atoms with Gasteiger partial charge in [-0.3, -0.25) is 9.69 Å². The maximum Gasteiger partial charge on any atom is 0.237 e. The smallest absolute Gasteiger partial charge is 0.237 e. The number of hydrogen-bond donors (Lipinski definition) is 2. The van der Waals surface area contributed by atoms with Crippen molar-refractivity contribution in [1.29, 1.82) is 0 Å². The molecule has 16 heavy (non-hydrogen) atoms. The number of hydrogen-bond acceptors (Lipinski definition) is 3. The predicted octanol–water partition coefficient (Wildman–Crippen LogP) is 0.467. The Morgan fingerprint density at radius 2 is 2.00 bits per heavy atom. The molecule has 0 radical (unpaired) electrons. The van der Waals surface area contributed by atoms with Gasteiger partial charge in [-0.1, -0.05) is 12.8 Å². The minimum Gasteiger partial charge on any atom is -0.358 e. The second-order valence-electron chi connectivity index (χ2n) is 5.03. The third-order valence-corrected chi connectivity index (χ3v) is 4.05. The monoisotopic (exact) mass is 225 g/mol. The van der Waals surface area contributed by atoms with Gasteiger partial charge in [0.2, 0.25) is 5.91 Å². The molecular weight excluding hydrogens is 202 g/mol. The Kier molecular flexibility index (Phi) is 3.82. The molecule has 2 aliphatic rings. The summed E-state index contributed by atoms with van der Waals surface area (Å²) in [5.41, 5.74) is 6.19. The Bertz CT molecular complexity index is 257. The molecule has 92 valence electrons. The molecule has 1 saturated heterocycles. The summed E-state index contributed by atoms with van der Waals surface area (Å²) in [7, 11) is 1.72. The molecule has 1 aliphatic heterocycles. The van der Waals surface area contributed by atoms with Crippen LogP contribution in [0.3, 0.4) is 0 Å². The third kappa shape index (κ3) is 2.23. The van der Waals surface area contributed by atoms with E-state index in [-0.39, 0.29) is 18.0 Å². The summed E-state index contributed by atoms with van der Waals surface area (Å²) in [6.07, 6.45) is 6.89. The minimum atomic E-state index is 0.0687. The van der Waals surface area contributed by atoms with Crippen molar-refractivity contribution >= 4 is 5.91 Å². The lowest BCUT2D eigenvalue weighted by atomic mass is 9.89. The van der Waals surface area contributed by atoms with Gasteiger partial charge < -0.3 is 11.1 Å². The van der Waals surface area contributed by atoms with Gasteiger partial charge in [0.05, 0.1) is 6.04 Å². The average Bonchev–Trinajstić information content (AvgIpc) is 2.77. The van der Waals surface area contributed by atoms with Gasteiger partial charge in [-0.25, -0.2) is 0 Å². The lowest BCUT2D eigenvalue weighted by molar-refractivity contribution is -0.126. The zero-order valence-electron chi connectivity index (χ0n) is 10.1. The van der Waals surface area contributed by atoms with E-state index in [9.17, 15) is 4.79 Å². The fraction of sp³-hybridized carbons (Fsp3) is 0.917. The van der Waals surface area contributed by atoms with E-state index < -0.39 is 0 Å². The Hall–Kier alpha value is -0.610. The second-order valence-corrected chi connectivity index (χ2v) is 5.03. The molecule has 2 rings (SSSR count). The normalized spacial score (nSPS) is 36.2. The van der Waals surface area contributed by atoms with Crippen LogP contribution in [0.5, 0.6) is 0 Å². The summed E-state index contributed by atoms with van der Waals surface area (Å²) >= 11 is 0. The van der Waals surface area contributed by atoms with Gasteiger partial charge in [0.25, 0.3) is 0 Å². The Morgan fingerprint density at radius 3 is 2.69 bits per heavy atom. The molecule has 3 N–H and O–H groups in total. The number of rotatable bonds is 2. The van der Waals surface area contributed by atoms with Crippen LogP contribution in [0.4, 0.5) is 0 Å². The molecule has 0 aromatic carbocycles. The van der Waals surface area contributed by atoms with Crippen molar-refractivity contribution in [3.05, 3.63) is 0 Å². The molecule has 1 saturated carbocycles. The van der Waals surface area contributed by atoms with Gasteiger partial charge in [0, 0.05) is 19.1 Å². The van der Waals surface area contributed by atoms with Crippen molar-refractivity contribution in [3.8, 4) is 0 Å². The van der Waals surface area contributed by atoms with E-state index >= 15 is 0 Å². The summed E-state index contributed by atoms with van der Waals surface area (Å²) in [6, 6.07) is 0.761. The first kappa shape index (κ1) is 11.9. The van der Waals surface area contributed by atoms with E-state index in [0.29, 0.717) is 6.04 Å². The first-order valence-electron chi connectivity index (χ1n) is 6.47. The van der Waals surface area contributed by atoms with Crippen molar-refractivity contribution in [1.82, 2.24) is 10.2 Å². The standard InChI is InChI=1S/C12H23N3O/c1-14-12(16)11-7-4-8-15(11)10-6-3-2-5-9(10)13/h9-11H,2-8,13H2,1H3,(H,14,16). The van der Waals surface area contributed by atoms with Gasteiger partial charge in [-0.15, -0.1) is 0 Å². The molecule has 3 unspecified atom stereocenters. The van der Waals surface area contributed by atoms with E-state index in [0.717, 1.165) is 32.2 Å². The van der Waals surface area contributed by atoms with Crippen molar-refractivity contribution in [3.63, 3.8) is 0 Å². The van der Waals surface area contributed by atoms with E-state index in [1.807, 2.05) is 0 Å². The first-order valence-corrected chi connectivity index (χ1v) is 6.47. The van der Waals surface area contributed by atoms with Crippen molar-refractivity contribution in [2.75, 3.05) is 13.6 Å². The Labute approximate surface area is 97.6 Å². The highest BCUT2D eigenvalue weighted by Crippen LogP contribution is 2.28. The highest BCUT2D eigenvalue weighted by molar-refractivity contribution is 5.81. The van der Waals surface area contributed by atoms with Gasteiger partial charge >= 0.3 is 0 Å². The average molecular weight is 225 g/mol. The van der Waals surface area contributed by atoms with Crippen LogP contribution < -0.4 is 11.1 Å². The number of carbonyl (C=O) groups is 1. The van der Waals surface area contributed by atoms with Crippen molar-refractivity contribution in [2.24, 2.45) is 5.73 Å². The fourth-order valence-corrected chi connectivity index (χ4v) is 3.19. The molecule has 0 spiro atoms. The Balaban J connectivity index is 2.03. The van der Waals surface area contributed by atoms with Gasteiger partial charge in [0.15, 0.2) is 0 Å². The van der Waals surface area contributed by atoms with E-state index in [1.54, 1.807) is 7.05 Å². The van der Waals surface area contributed by atoms with Crippen LogP contribution in [0.25, 0.3) is 0 Å². The summed E-state index contributed by atoms with van der Waals surface area (Å²) < 4.78 is 0. The molecule has 0 aromatic heterocycles. The zero-order valence-corrected chi connectivity index (χ0v) is 10.1. The minimum absolute atomic E-state index is 0.0687. The van der Waals surface area contributed by atoms with Crippen LogP contribution in [0.15, 0.2) is 0 Å². The number of likely N-dealkylation sites (N-methyl/N-ethyl adjacent to an activating group) is 1. The quantitative estimate of drug-likeness (QED) is 0.718. The topological polar surface area (TPSA) is 58.4 Å². The van der Waals surface area contributed by atoms with Gasteiger partial charge in [-0.05, 0) is 32.2 Å². The summed E-state index contributed by atoms with van der Waals surface area (Å²) in [6.45, 7) is 1.04. The summed E-state index contributed by atoms with van der Waals surface area (Å²) in [5.74, 6) is 0.162. The number of nitrogens with zero attached hydrogens (tertiary/aromatic N) is 1. The van der Waals surface area contributed by atoms with Crippen LogP contribution in [-0.2, 0) is 4.79 Å². The molecule has 4 heteroatoms. The van der Waals surface area contributed by atoms with Crippen LogP contribution >= 0.6 is 0 Å². The highest BCUT2D eigenvalue weighted by Gasteiger charge is 2.37. The number of carbonyl (C=O) groups excluding carboxylic acids is 1. The van der Waals surface area contributed by atoms with Crippen LogP contribution in [0.1, 0.15) is 38.5 Å². The number of amides is 1. The lowest BCUT2D eigenvalue weighted by Crippen LogP contribution is -2.54. The molecule has 0 aromatic rings. The third-order valence-electron chi connectivity index (χ3n) is 4.05. The molecule has 3 atom stereocenters. The molecule has 0 bridgehead atoms. The largest absolute Gasteiger partial charge is 0.358 e. The molecule has 1 amide bonds. The highest BCUT2D eigenvalue weighted by atomic mass is 16.2. The van der Waals surface area contributed by atoms with Crippen LogP contribution in [-0.4, -0.2) is 42.5 Å². The molecule has 2 fully saturated rings. The second kappa shape index (κ2) is 5.15. The summed E-state index contributed by atoms with van der Waals surface area (Å²) in [5, 5.41) is 2.77. The molecule has 4 nitrogen and oxygen atoms in total. The predicted molar refractivity (Wildman–Crippen MR) is 64.0 cm³/mol. The lowest BCUT2D eigenvalue weighted by Gasteiger charge is -2.38. The van der Waals surface area contributed by atoms with E-state index in [2.05, 4.69) is 10.2 Å². The number of nitrogens with two attached hydrogens (primary N) is 1.